The van der Waals surface area contributed by atoms with Crippen LogP contribution in [0, 0.1) is 0 Å². The monoisotopic (exact) mass is 296 g/mol. The van der Waals surface area contributed by atoms with Crippen molar-refractivity contribution in [1.29, 1.82) is 0 Å². The fourth-order valence-electron chi connectivity index (χ4n) is 1.99. The minimum absolute atomic E-state index is 0.422. The van der Waals surface area contributed by atoms with Crippen LogP contribution in [0.3, 0.4) is 0 Å². The summed E-state index contributed by atoms with van der Waals surface area (Å²) in [5.74, 6) is -0.422. The Hall–Kier alpha value is -1.09. The van der Waals surface area contributed by atoms with Crippen LogP contribution in [0.25, 0.3) is 0 Å². The maximum absolute atomic E-state index is 10.6. The molecule has 0 heterocycles. The molecule has 1 unspecified atom stereocenters. The number of hydrogen-bond acceptors (Lipinski definition) is 3. The van der Waals surface area contributed by atoms with Gasteiger partial charge in [0.15, 0.2) is 0 Å². The van der Waals surface area contributed by atoms with Crippen molar-refractivity contribution in [2.75, 3.05) is 0 Å². The van der Waals surface area contributed by atoms with Gasteiger partial charge in [-0.25, -0.2) is 0 Å². The van der Waals surface area contributed by atoms with Crippen LogP contribution in [0.5, 0.6) is 0 Å². The second-order valence-corrected chi connectivity index (χ2v) is 5.36. The molecule has 0 aliphatic rings. The van der Waals surface area contributed by atoms with Crippen LogP contribution < -0.4 is 0 Å². The highest BCUT2D eigenvalue weighted by Gasteiger charge is 2.05. The van der Waals surface area contributed by atoms with Crippen molar-refractivity contribution < 1.29 is 14.6 Å². The highest BCUT2D eigenvalue weighted by molar-refractivity contribution is 5.65. The van der Waals surface area contributed by atoms with Crippen LogP contribution in [0.4, 0.5) is 0 Å². The molecule has 0 aliphatic heterocycles. The van der Waals surface area contributed by atoms with Gasteiger partial charge in [-0.2, -0.15) is 0 Å². The summed E-state index contributed by atoms with van der Waals surface area (Å²) in [4.78, 5) is 10.6. The maximum atomic E-state index is 10.6. The molecular formula is C18H32O3. The highest BCUT2D eigenvalue weighted by Crippen LogP contribution is 2.08. The van der Waals surface area contributed by atoms with E-state index in [0.717, 1.165) is 38.5 Å². The van der Waals surface area contributed by atoms with Crippen LogP contribution in [-0.4, -0.2) is 17.4 Å². The van der Waals surface area contributed by atoms with Crippen LogP contribution in [0.15, 0.2) is 24.3 Å². The van der Waals surface area contributed by atoms with E-state index < -0.39 is 12.3 Å². The molecule has 3 nitrogen and oxygen atoms in total. The van der Waals surface area contributed by atoms with Crippen molar-refractivity contribution in [2.24, 2.45) is 0 Å². The number of ether oxygens (including phenoxy) is 1. The first-order valence-corrected chi connectivity index (χ1v) is 8.32. The molecule has 0 aliphatic carbocycles. The molecule has 21 heavy (non-hydrogen) atoms. The fourth-order valence-corrected chi connectivity index (χ4v) is 1.99. The van der Waals surface area contributed by atoms with Crippen molar-refractivity contribution in [3.8, 4) is 0 Å². The molecule has 0 saturated carbocycles. The number of hydrogen-bond donors (Lipinski definition) is 1. The third kappa shape index (κ3) is 16.9. The predicted octanol–water partition coefficient (Wildman–Crippen LogP) is 4.90. The third-order valence-electron chi connectivity index (χ3n) is 3.18. The van der Waals surface area contributed by atoms with Crippen molar-refractivity contribution in [3.05, 3.63) is 24.3 Å². The number of carbonyl (C=O) groups excluding carboxylic acids is 1. The van der Waals surface area contributed by atoms with Gasteiger partial charge in [0.05, 0.1) is 0 Å². The van der Waals surface area contributed by atoms with Gasteiger partial charge in [0.2, 0.25) is 6.29 Å². The number of esters is 1. The first-order valence-electron chi connectivity index (χ1n) is 8.32. The van der Waals surface area contributed by atoms with Gasteiger partial charge < -0.3 is 9.84 Å². The largest absolute Gasteiger partial charge is 0.436 e. The first-order chi connectivity index (χ1) is 10.2. The SMILES string of the molecule is CCCC/C=C/CC/C=C/CCCCCC(O)OC(C)=O. The number of unbranched alkanes of at least 4 members (excludes halogenated alkanes) is 6. The van der Waals surface area contributed by atoms with Gasteiger partial charge in [-0.1, -0.05) is 50.5 Å². The molecule has 0 aromatic heterocycles. The predicted molar refractivity (Wildman–Crippen MR) is 87.9 cm³/mol. The summed E-state index contributed by atoms with van der Waals surface area (Å²) >= 11 is 0. The minimum atomic E-state index is -0.933. The summed E-state index contributed by atoms with van der Waals surface area (Å²) in [6.45, 7) is 3.53. The summed E-state index contributed by atoms with van der Waals surface area (Å²) in [5, 5.41) is 9.33. The molecule has 0 aromatic rings. The lowest BCUT2D eigenvalue weighted by Crippen LogP contribution is -2.14. The summed E-state index contributed by atoms with van der Waals surface area (Å²) in [7, 11) is 0. The van der Waals surface area contributed by atoms with Crippen LogP contribution in [0.1, 0.15) is 78.1 Å². The summed E-state index contributed by atoms with van der Waals surface area (Å²) < 4.78 is 4.65. The molecule has 0 bridgehead atoms. The van der Waals surface area contributed by atoms with E-state index in [4.69, 9.17) is 0 Å². The van der Waals surface area contributed by atoms with Gasteiger partial charge in [-0.15, -0.1) is 0 Å². The summed E-state index contributed by atoms with van der Waals surface area (Å²) in [6.07, 6.45) is 18.8. The molecule has 122 valence electrons. The van der Waals surface area contributed by atoms with E-state index in [1.54, 1.807) is 0 Å². The number of carbonyl (C=O) groups is 1. The lowest BCUT2D eigenvalue weighted by Gasteiger charge is -2.09. The average Bonchev–Trinajstić information content (AvgIpc) is 2.43. The molecule has 0 saturated heterocycles. The Bertz CT molecular complexity index is 295. The topological polar surface area (TPSA) is 46.5 Å². The molecule has 0 radical (unpaired) electrons. The molecule has 0 aromatic carbocycles. The van der Waals surface area contributed by atoms with Gasteiger partial charge in [-0.05, 0) is 38.5 Å². The smallest absolute Gasteiger partial charge is 0.304 e. The zero-order chi connectivity index (χ0) is 15.8. The van der Waals surface area contributed by atoms with Gasteiger partial charge in [-0.3, -0.25) is 4.79 Å². The molecule has 1 atom stereocenters. The van der Waals surface area contributed by atoms with Gasteiger partial charge >= 0.3 is 5.97 Å². The number of aliphatic hydroxyl groups is 1. The normalized spacial score (nSPS) is 13.1. The molecule has 1 N–H and O–H groups in total. The van der Waals surface area contributed by atoms with E-state index in [0.29, 0.717) is 6.42 Å². The van der Waals surface area contributed by atoms with Crippen molar-refractivity contribution in [3.63, 3.8) is 0 Å². The molecule has 0 rings (SSSR count). The van der Waals surface area contributed by atoms with E-state index in [1.807, 2.05) is 0 Å². The van der Waals surface area contributed by atoms with E-state index in [9.17, 15) is 9.90 Å². The van der Waals surface area contributed by atoms with Gasteiger partial charge in [0.1, 0.15) is 0 Å². The van der Waals surface area contributed by atoms with Gasteiger partial charge in [0, 0.05) is 13.3 Å². The Morgan fingerprint density at radius 2 is 1.52 bits per heavy atom. The second kappa shape index (κ2) is 15.3. The second-order valence-electron chi connectivity index (χ2n) is 5.36. The highest BCUT2D eigenvalue weighted by atomic mass is 16.6. The minimum Gasteiger partial charge on any atom is -0.436 e. The Balaban J connectivity index is 3.29. The number of rotatable bonds is 13. The average molecular weight is 296 g/mol. The third-order valence-corrected chi connectivity index (χ3v) is 3.18. The Labute approximate surface area is 130 Å². The zero-order valence-electron chi connectivity index (χ0n) is 13.7. The van der Waals surface area contributed by atoms with E-state index >= 15 is 0 Å². The van der Waals surface area contributed by atoms with Crippen LogP contribution in [0.2, 0.25) is 0 Å². The van der Waals surface area contributed by atoms with Crippen molar-refractivity contribution >= 4 is 5.97 Å². The Morgan fingerprint density at radius 1 is 0.952 bits per heavy atom. The molecule has 0 spiro atoms. The maximum Gasteiger partial charge on any atom is 0.304 e. The molecule has 3 heteroatoms. The lowest BCUT2D eigenvalue weighted by atomic mass is 10.1. The van der Waals surface area contributed by atoms with E-state index in [2.05, 4.69) is 36.0 Å². The summed E-state index contributed by atoms with van der Waals surface area (Å²) in [5.41, 5.74) is 0. The van der Waals surface area contributed by atoms with Crippen molar-refractivity contribution in [1.82, 2.24) is 0 Å². The standard InChI is InChI=1S/C18H32O3/c1-3-4-5-6-7-8-9-10-11-12-13-14-15-16-18(20)21-17(2)19/h6-7,10-11,18,20H,3-5,8-9,12-16H2,1-2H3/b7-6+,11-10+. The fraction of sp³-hybridized carbons (Fsp3) is 0.722. The van der Waals surface area contributed by atoms with Crippen LogP contribution in [-0.2, 0) is 9.53 Å². The quantitative estimate of drug-likeness (QED) is 0.227. The lowest BCUT2D eigenvalue weighted by molar-refractivity contribution is -0.165. The Kier molecular flexibility index (Phi) is 14.5. The van der Waals surface area contributed by atoms with Crippen molar-refractivity contribution in [2.45, 2.75) is 84.3 Å². The van der Waals surface area contributed by atoms with Gasteiger partial charge in [0.25, 0.3) is 0 Å². The molecule has 0 amide bonds. The first kappa shape index (κ1) is 19.9. The van der Waals surface area contributed by atoms with Crippen LogP contribution >= 0.6 is 0 Å². The molecule has 0 fully saturated rings. The number of allylic oxidation sites excluding steroid dienone is 4. The Morgan fingerprint density at radius 3 is 2.10 bits per heavy atom. The summed E-state index contributed by atoms with van der Waals surface area (Å²) in [6, 6.07) is 0. The van der Waals surface area contributed by atoms with E-state index in [-0.39, 0.29) is 0 Å². The molecular weight excluding hydrogens is 264 g/mol. The zero-order valence-corrected chi connectivity index (χ0v) is 13.7. The number of aliphatic hydroxyl groups excluding tert-OH is 1. The van der Waals surface area contributed by atoms with E-state index in [1.165, 1.54) is 26.2 Å².